The van der Waals surface area contributed by atoms with Gasteiger partial charge in [-0.1, -0.05) is 34.1 Å². The summed E-state index contributed by atoms with van der Waals surface area (Å²) in [6.45, 7) is 7.55. The van der Waals surface area contributed by atoms with Gasteiger partial charge in [-0.05, 0) is 31.2 Å². The van der Waals surface area contributed by atoms with Crippen LogP contribution in [0, 0.1) is 11.8 Å². The Bertz CT molecular complexity index is 546. The molecule has 1 aliphatic rings. The molecule has 0 aromatic heterocycles. The average molecular weight is 384 g/mol. The number of carboxylic acid groups (broad SMARTS) is 1. The molecular formula is C18H32N4O5. The smallest absolute Gasteiger partial charge is 0.322 e. The van der Waals surface area contributed by atoms with Crippen LogP contribution in [0.25, 0.3) is 0 Å². The maximum atomic E-state index is 12.8. The van der Waals surface area contributed by atoms with Gasteiger partial charge in [-0.15, -0.1) is 0 Å². The van der Waals surface area contributed by atoms with Crippen LogP contribution in [0.5, 0.6) is 0 Å². The highest BCUT2D eigenvalue weighted by Gasteiger charge is 2.33. The molecule has 1 saturated heterocycles. The molecule has 0 spiro atoms. The average Bonchev–Trinajstić information content (AvgIpc) is 3.15. The van der Waals surface area contributed by atoms with Gasteiger partial charge in [-0.2, -0.15) is 0 Å². The minimum absolute atomic E-state index is 0.120. The van der Waals surface area contributed by atoms with Crippen molar-refractivity contribution in [2.75, 3.05) is 13.1 Å². The van der Waals surface area contributed by atoms with E-state index in [1.165, 1.54) is 0 Å². The maximum Gasteiger partial charge on any atom is 0.322 e. The fourth-order valence-corrected chi connectivity index (χ4v) is 2.91. The Kier molecular flexibility index (Phi) is 9.20. The molecule has 0 radical (unpaired) electrons. The van der Waals surface area contributed by atoms with Crippen LogP contribution in [0.4, 0.5) is 0 Å². The van der Waals surface area contributed by atoms with Crippen molar-refractivity contribution >= 4 is 23.7 Å². The Morgan fingerprint density at radius 3 is 2.22 bits per heavy atom. The molecule has 1 rings (SSSR count). The molecule has 0 aromatic carbocycles. The summed E-state index contributed by atoms with van der Waals surface area (Å²) < 4.78 is 0. The summed E-state index contributed by atoms with van der Waals surface area (Å²) in [7, 11) is 0. The molecule has 0 bridgehead atoms. The monoisotopic (exact) mass is 384 g/mol. The van der Waals surface area contributed by atoms with E-state index in [2.05, 4.69) is 21.3 Å². The third-order valence-corrected chi connectivity index (χ3v) is 4.83. The van der Waals surface area contributed by atoms with Crippen molar-refractivity contribution in [3.63, 3.8) is 0 Å². The molecule has 1 aliphatic heterocycles. The number of hydrogen-bond donors (Lipinski definition) is 5. The van der Waals surface area contributed by atoms with Crippen molar-refractivity contribution in [3.8, 4) is 0 Å². The zero-order valence-electron chi connectivity index (χ0n) is 16.5. The third-order valence-electron chi connectivity index (χ3n) is 4.83. The first kappa shape index (κ1) is 22.9. The number of hydrogen-bond acceptors (Lipinski definition) is 5. The van der Waals surface area contributed by atoms with Crippen molar-refractivity contribution in [2.24, 2.45) is 11.8 Å². The number of nitrogens with one attached hydrogen (secondary N) is 4. The molecule has 0 aromatic rings. The van der Waals surface area contributed by atoms with Crippen LogP contribution in [0.2, 0.25) is 0 Å². The van der Waals surface area contributed by atoms with Gasteiger partial charge in [-0.25, -0.2) is 0 Å². The largest absolute Gasteiger partial charge is 0.480 e. The summed E-state index contributed by atoms with van der Waals surface area (Å²) in [6, 6.07) is -1.95. The Morgan fingerprint density at radius 2 is 1.74 bits per heavy atom. The van der Waals surface area contributed by atoms with E-state index in [9.17, 15) is 19.2 Å². The first-order valence-electron chi connectivity index (χ1n) is 9.51. The van der Waals surface area contributed by atoms with E-state index in [-0.39, 0.29) is 23.8 Å². The molecule has 3 amide bonds. The van der Waals surface area contributed by atoms with Gasteiger partial charge in [-0.3, -0.25) is 19.2 Å². The summed E-state index contributed by atoms with van der Waals surface area (Å²) in [5.41, 5.74) is 0. The van der Waals surface area contributed by atoms with Gasteiger partial charge in [0.15, 0.2) is 0 Å². The lowest BCUT2D eigenvalue weighted by Crippen LogP contribution is -2.58. The molecule has 154 valence electrons. The van der Waals surface area contributed by atoms with Crippen LogP contribution in [0.3, 0.4) is 0 Å². The molecule has 4 atom stereocenters. The van der Waals surface area contributed by atoms with Crippen molar-refractivity contribution in [2.45, 2.75) is 65.1 Å². The third kappa shape index (κ3) is 7.16. The fraction of sp³-hybridized carbons (Fsp3) is 0.778. The summed E-state index contributed by atoms with van der Waals surface area (Å²) in [5.74, 6) is -2.75. The van der Waals surface area contributed by atoms with Gasteiger partial charge in [0.25, 0.3) is 0 Å². The second kappa shape index (κ2) is 10.9. The Morgan fingerprint density at radius 1 is 1.07 bits per heavy atom. The van der Waals surface area contributed by atoms with E-state index in [4.69, 9.17) is 5.11 Å². The van der Waals surface area contributed by atoms with Crippen molar-refractivity contribution in [1.82, 2.24) is 21.3 Å². The lowest BCUT2D eigenvalue weighted by atomic mass is 9.96. The highest BCUT2D eigenvalue weighted by atomic mass is 16.4. The van der Waals surface area contributed by atoms with Gasteiger partial charge in [0.2, 0.25) is 17.7 Å². The minimum atomic E-state index is -1.16. The number of rotatable bonds is 10. The zero-order chi connectivity index (χ0) is 20.6. The van der Waals surface area contributed by atoms with Crippen LogP contribution >= 0.6 is 0 Å². The number of carboxylic acids is 1. The highest BCUT2D eigenvalue weighted by Crippen LogP contribution is 2.12. The van der Waals surface area contributed by atoms with E-state index in [0.717, 1.165) is 19.4 Å². The van der Waals surface area contributed by atoms with Crippen molar-refractivity contribution in [1.29, 1.82) is 0 Å². The molecular weight excluding hydrogens is 352 g/mol. The van der Waals surface area contributed by atoms with E-state index >= 15 is 0 Å². The van der Waals surface area contributed by atoms with E-state index in [1.807, 2.05) is 13.8 Å². The van der Waals surface area contributed by atoms with E-state index < -0.39 is 36.4 Å². The number of amides is 3. The minimum Gasteiger partial charge on any atom is -0.480 e. The summed E-state index contributed by atoms with van der Waals surface area (Å²) in [4.78, 5) is 48.1. The Hall–Kier alpha value is -2.16. The van der Waals surface area contributed by atoms with Crippen molar-refractivity contribution in [3.05, 3.63) is 0 Å². The predicted octanol–water partition coefficient (Wildman–Crippen LogP) is -0.389. The Labute approximate surface area is 160 Å². The fourth-order valence-electron chi connectivity index (χ4n) is 2.91. The first-order valence-corrected chi connectivity index (χ1v) is 9.51. The van der Waals surface area contributed by atoms with Crippen LogP contribution in [0.15, 0.2) is 0 Å². The number of carbonyl (C=O) groups is 4. The van der Waals surface area contributed by atoms with Crippen LogP contribution < -0.4 is 21.3 Å². The number of carbonyl (C=O) groups excluding carboxylic acids is 3. The summed E-state index contributed by atoms with van der Waals surface area (Å²) in [5, 5.41) is 19.6. The first-order chi connectivity index (χ1) is 12.7. The molecule has 9 nitrogen and oxygen atoms in total. The lowest BCUT2D eigenvalue weighted by Gasteiger charge is -2.28. The van der Waals surface area contributed by atoms with Crippen LogP contribution in [0.1, 0.15) is 47.0 Å². The topological polar surface area (TPSA) is 137 Å². The molecule has 27 heavy (non-hydrogen) atoms. The van der Waals surface area contributed by atoms with Crippen LogP contribution in [-0.2, 0) is 19.2 Å². The van der Waals surface area contributed by atoms with E-state index in [0.29, 0.717) is 6.42 Å². The highest BCUT2D eigenvalue weighted by molar-refractivity contribution is 5.94. The quantitative estimate of drug-likeness (QED) is 0.348. The van der Waals surface area contributed by atoms with E-state index in [1.54, 1.807) is 13.8 Å². The van der Waals surface area contributed by atoms with Gasteiger partial charge in [0, 0.05) is 0 Å². The lowest BCUT2D eigenvalue weighted by molar-refractivity contribution is -0.139. The molecule has 1 fully saturated rings. The van der Waals surface area contributed by atoms with Gasteiger partial charge in [0.05, 0.1) is 6.04 Å². The maximum absolute atomic E-state index is 12.8. The molecule has 0 saturated carbocycles. The Balaban J connectivity index is 2.80. The molecule has 0 aliphatic carbocycles. The predicted molar refractivity (Wildman–Crippen MR) is 99.8 cm³/mol. The SMILES string of the molecule is CCC(C)C(NC(=O)C1CCCN1)C(=O)NC(C(=O)NCC(=O)O)C(C)C. The standard InChI is InChI=1S/C18H32N4O5/c1-5-11(4)15(22-16(25)12-7-6-8-19-12)18(27)21-14(10(2)3)17(26)20-9-13(23)24/h10-12,14-15,19H,5-9H2,1-4H3,(H,20,26)(H,21,27)(H,22,25)(H,23,24). The second-order valence-electron chi connectivity index (χ2n) is 7.36. The van der Waals surface area contributed by atoms with Gasteiger partial charge in [0.1, 0.15) is 18.6 Å². The molecule has 9 heteroatoms. The zero-order valence-corrected chi connectivity index (χ0v) is 16.5. The summed E-state index contributed by atoms with van der Waals surface area (Å²) in [6.07, 6.45) is 2.32. The second-order valence-corrected chi connectivity index (χ2v) is 7.36. The normalized spacial score (nSPS) is 19.8. The van der Waals surface area contributed by atoms with Crippen LogP contribution in [-0.4, -0.2) is 60.0 Å². The molecule has 1 heterocycles. The molecule has 5 N–H and O–H groups in total. The van der Waals surface area contributed by atoms with Crippen molar-refractivity contribution < 1.29 is 24.3 Å². The molecule has 4 unspecified atom stereocenters. The number of aliphatic carboxylic acids is 1. The van der Waals surface area contributed by atoms with Gasteiger partial charge >= 0.3 is 5.97 Å². The van der Waals surface area contributed by atoms with Gasteiger partial charge < -0.3 is 26.4 Å². The summed E-state index contributed by atoms with van der Waals surface area (Å²) >= 11 is 0.